The molecular formula is C32H54O4. The van der Waals surface area contributed by atoms with E-state index in [1.165, 1.54) is 103 Å². The fraction of sp³-hybridized carbons (Fsp3) is 0.750. The minimum Gasteiger partial charge on any atom is -0.462 e. The number of carbonyl (C=O) groups excluding carboxylic acids is 2. The summed E-state index contributed by atoms with van der Waals surface area (Å²) in [5, 5.41) is 0. The Hall–Kier alpha value is -1.84. The Bertz CT molecular complexity index is 597. The Morgan fingerprint density at radius 2 is 0.833 bits per heavy atom. The van der Waals surface area contributed by atoms with E-state index in [1.807, 2.05) is 0 Å². The van der Waals surface area contributed by atoms with Crippen LogP contribution in [0.4, 0.5) is 0 Å². The zero-order chi connectivity index (χ0) is 26.1. The van der Waals surface area contributed by atoms with Crippen molar-refractivity contribution in [2.24, 2.45) is 0 Å². The highest BCUT2D eigenvalue weighted by Gasteiger charge is 2.18. The summed E-state index contributed by atoms with van der Waals surface area (Å²) < 4.78 is 10.7. The van der Waals surface area contributed by atoms with Crippen LogP contribution in [0.1, 0.15) is 163 Å². The van der Waals surface area contributed by atoms with Crippen molar-refractivity contribution in [2.45, 2.75) is 142 Å². The summed E-state index contributed by atoms with van der Waals surface area (Å²) in [6, 6.07) is 6.74. The van der Waals surface area contributed by atoms with Gasteiger partial charge in [0, 0.05) is 0 Å². The Morgan fingerprint density at radius 3 is 1.17 bits per heavy atom. The Kier molecular flexibility index (Phi) is 21.1. The van der Waals surface area contributed by atoms with Gasteiger partial charge in [0.2, 0.25) is 0 Å². The lowest BCUT2D eigenvalue weighted by molar-refractivity contribution is 0.0450. The fourth-order valence-corrected chi connectivity index (χ4v) is 4.50. The molecule has 0 amide bonds. The molecule has 2 rings (SSSR count). The first-order valence-electron chi connectivity index (χ1n) is 15.1. The van der Waals surface area contributed by atoms with Gasteiger partial charge < -0.3 is 9.47 Å². The molecule has 0 heterocycles. The summed E-state index contributed by atoms with van der Waals surface area (Å²) >= 11 is 0. The van der Waals surface area contributed by atoms with Crippen molar-refractivity contribution in [3.8, 4) is 0 Å². The highest BCUT2D eigenvalue weighted by Crippen LogP contribution is 2.16. The summed E-state index contributed by atoms with van der Waals surface area (Å²) in [7, 11) is 0. The molecule has 0 spiro atoms. The zero-order valence-electron chi connectivity index (χ0n) is 23.5. The van der Waals surface area contributed by atoms with Crippen LogP contribution in [-0.2, 0) is 9.47 Å². The molecule has 1 saturated carbocycles. The molecule has 0 N–H and O–H groups in total. The highest BCUT2D eigenvalue weighted by atomic mass is 16.5. The number of hydrogen-bond acceptors (Lipinski definition) is 4. The standard InChI is InChI=1S/C24H38O4.C8H16/c1-3-5-7-9-11-15-19-27-23(25)21-17-13-14-18-22(21)24(26)28-20-16-12-10-8-6-4-2;1-2-4-6-8-7-5-3-1/h13-14,17-18H,3-12,15-16,19-20H2,1-2H3;1-8H2. The average molecular weight is 503 g/mol. The largest absolute Gasteiger partial charge is 0.462 e. The van der Waals surface area contributed by atoms with Crippen molar-refractivity contribution in [3.63, 3.8) is 0 Å². The van der Waals surface area contributed by atoms with Crippen LogP contribution < -0.4 is 0 Å². The van der Waals surface area contributed by atoms with Gasteiger partial charge in [0.05, 0.1) is 24.3 Å². The van der Waals surface area contributed by atoms with Gasteiger partial charge >= 0.3 is 11.9 Å². The summed E-state index contributed by atoms with van der Waals surface area (Å²) in [5.41, 5.74) is 0.586. The molecule has 0 aliphatic heterocycles. The maximum atomic E-state index is 12.4. The van der Waals surface area contributed by atoms with Crippen LogP contribution in [0.3, 0.4) is 0 Å². The van der Waals surface area contributed by atoms with Gasteiger partial charge in [-0.1, -0.05) is 142 Å². The average Bonchev–Trinajstić information content (AvgIpc) is 2.87. The van der Waals surface area contributed by atoms with Gasteiger partial charge in [0.15, 0.2) is 0 Å². The fourth-order valence-electron chi connectivity index (χ4n) is 4.50. The smallest absolute Gasteiger partial charge is 0.339 e. The van der Waals surface area contributed by atoms with Crippen LogP contribution >= 0.6 is 0 Å². The normalized spacial score (nSPS) is 13.6. The number of ether oxygens (including phenoxy) is 2. The first-order valence-corrected chi connectivity index (χ1v) is 15.1. The molecule has 0 unspecified atom stereocenters. The predicted octanol–water partition coefficient (Wildman–Crippen LogP) is 9.84. The second-order valence-electron chi connectivity index (χ2n) is 10.2. The van der Waals surface area contributed by atoms with Crippen LogP contribution in [0.5, 0.6) is 0 Å². The quantitative estimate of drug-likeness (QED) is 0.167. The van der Waals surface area contributed by atoms with Crippen molar-refractivity contribution < 1.29 is 19.1 Å². The molecule has 0 bridgehead atoms. The molecule has 4 nitrogen and oxygen atoms in total. The molecule has 0 saturated heterocycles. The van der Waals surface area contributed by atoms with E-state index in [0.717, 1.165) is 25.7 Å². The molecule has 1 aromatic carbocycles. The SMILES string of the molecule is C1CCCCCCC1.CCCCCCCCOC(=O)c1ccccc1C(=O)OCCCCCCCC. The third-order valence-electron chi connectivity index (χ3n) is 6.83. The number of esters is 2. The van der Waals surface area contributed by atoms with E-state index >= 15 is 0 Å². The second-order valence-corrected chi connectivity index (χ2v) is 10.2. The molecular weight excluding hydrogens is 448 g/mol. The Balaban J connectivity index is 0.000000681. The van der Waals surface area contributed by atoms with Gasteiger partial charge in [0.25, 0.3) is 0 Å². The van der Waals surface area contributed by atoms with Crippen LogP contribution in [0.15, 0.2) is 24.3 Å². The van der Waals surface area contributed by atoms with Crippen LogP contribution in [0.25, 0.3) is 0 Å². The number of carbonyl (C=O) groups is 2. The maximum Gasteiger partial charge on any atom is 0.339 e. The summed E-state index contributed by atoms with van der Waals surface area (Å²) in [6.45, 7) is 5.17. The molecule has 1 aliphatic carbocycles. The van der Waals surface area contributed by atoms with Gasteiger partial charge in [-0.3, -0.25) is 0 Å². The zero-order valence-corrected chi connectivity index (χ0v) is 23.5. The molecule has 1 fully saturated rings. The van der Waals surface area contributed by atoms with E-state index in [-0.39, 0.29) is 0 Å². The van der Waals surface area contributed by atoms with E-state index in [9.17, 15) is 9.59 Å². The number of unbranched alkanes of at least 4 members (excludes halogenated alkanes) is 10. The van der Waals surface area contributed by atoms with Crippen molar-refractivity contribution in [3.05, 3.63) is 35.4 Å². The Labute approximate surface area is 221 Å². The minimum absolute atomic E-state index is 0.293. The van der Waals surface area contributed by atoms with Crippen molar-refractivity contribution in [1.82, 2.24) is 0 Å². The van der Waals surface area contributed by atoms with Gasteiger partial charge in [-0.25, -0.2) is 9.59 Å². The second kappa shape index (κ2) is 23.6. The van der Waals surface area contributed by atoms with Gasteiger partial charge in [-0.2, -0.15) is 0 Å². The Morgan fingerprint density at radius 1 is 0.528 bits per heavy atom. The number of benzene rings is 1. The van der Waals surface area contributed by atoms with Crippen LogP contribution in [0, 0.1) is 0 Å². The van der Waals surface area contributed by atoms with Crippen LogP contribution in [0.2, 0.25) is 0 Å². The molecule has 36 heavy (non-hydrogen) atoms. The predicted molar refractivity (Wildman–Crippen MR) is 151 cm³/mol. The molecule has 1 aromatic rings. The number of hydrogen-bond donors (Lipinski definition) is 0. The molecule has 0 aromatic heterocycles. The van der Waals surface area contributed by atoms with E-state index in [0.29, 0.717) is 24.3 Å². The first kappa shape index (κ1) is 32.2. The molecule has 0 atom stereocenters. The molecule has 1 aliphatic rings. The lowest BCUT2D eigenvalue weighted by atomic mass is 10.0. The van der Waals surface area contributed by atoms with Crippen molar-refractivity contribution >= 4 is 11.9 Å². The summed E-state index contributed by atoms with van der Waals surface area (Å²) in [5.74, 6) is -0.888. The van der Waals surface area contributed by atoms with E-state index in [2.05, 4.69) is 13.8 Å². The third-order valence-corrected chi connectivity index (χ3v) is 6.83. The third kappa shape index (κ3) is 16.8. The summed E-state index contributed by atoms with van der Waals surface area (Å²) in [6.07, 6.45) is 25.6. The lowest BCUT2D eigenvalue weighted by Gasteiger charge is -2.10. The van der Waals surface area contributed by atoms with E-state index in [1.54, 1.807) is 24.3 Å². The number of rotatable bonds is 16. The van der Waals surface area contributed by atoms with Crippen molar-refractivity contribution in [1.29, 1.82) is 0 Å². The molecule has 4 heteroatoms. The van der Waals surface area contributed by atoms with Crippen LogP contribution in [-0.4, -0.2) is 25.2 Å². The van der Waals surface area contributed by atoms with E-state index in [4.69, 9.17) is 9.47 Å². The lowest BCUT2D eigenvalue weighted by Crippen LogP contribution is -2.15. The molecule has 0 radical (unpaired) electrons. The maximum absolute atomic E-state index is 12.4. The molecule has 206 valence electrons. The minimum atomic E-state index is -0.444. The van der Waals surface area contributed by atoms with Gasteiger partial charge in [0.1, 0.15) is 0 Å². The topological polar surface area (TPSA) is 52.6 Å². The van der Waals surface area contributed by atoms with Crippen molar-refractivity contribution in [2.75, 3.05) is 13.2 Å². The van der Waals surface area contributed by atoms with E-state index < -0.39 is 11.9 Å². The highest BCUT2D eigenvalue weighted by molar-refractivity contribution is 6.03. The van der Waals surface area contributed by atoms with Gasteiger partial charge in [-0.05, 0) is 25.0 Å². The monoisotopic (exact) mass is 502 g/mol. The first-order chi connectivity index (χ1) is 17.7. The van der Waals surface area contributed by atoms with Gasteiger partial charge in [-0.15, -0.1) is 0 Å². The summed E-state index contributed by atoms with van der Waals surface area (Å²) in [4.78, 5) is 24.7.